The molecule has 0 radical (unpaired) electrons. The normalized spacial score (nSPS) is 12.0. The number of carbonyl (C=O) groups is 1. The zero-order valence-corrected chi connectivity index (χ0v) is 14.6. The number of nitrogens with zero attached hydrogens (tertiary/aromatic N) is 1. The third kappa shape index (κ3) is 4.76. The average Bonchev–Trinajstić information content (AvgIpc) is 3.05. The summed E-state index contributed by atoms with van der Waals surface area (Å²) in [6.45, 7) is 4.93. The molecule has 6 nitrogen and oxygen atoms in total. The molecule has 2 aromatic rings. The van der Waals surface area contributed by atoms with E-state index in [0.717, 1.165) is 17.1 Å². The van der Waals surface area contributed by atoms with Gasteiger partial charge in [-0.1, -0.05) is 6.07 Å². The summed E-state index contributed by atoms with van der Waals surface area (Å²) in [4.78, 5) is 14.1. The number of nitrogens with one attached hydrogen (secondary N) is 2. The molecule has 1 atom stereocenters. The minimum absolute atomic E-state index is 0.0252. The van der Waals surface area contributed by atoms with Crippen molar-refractivity contribution in [2.45, 2.75) is 19.9 Å². The van der Waals surface area contributed by atoms with Crippen LogP contribution in [-0.4, -0.2) is 38.2 Å². The summed E-state index contributed by atoms with van der Waals surface area (Å²) in [5.74, 6) is 1.59. The lowest BCUT2D eigenvalue weighted by molar-refractivity contribution is 0.233. The number of carbonyl (C=O) groups excluding carboxylic acids is 1. The molecule has 0 fully saturated rings. The summed E-state index contributed by atoms with van der Waals surface area (Å²) in [6, 6.07) is 9.06. The summed E-state index contributed by atoms with van der Waals surface area (Å²) in [5.41, 5.74) is 1.73. The van der Waals surface area contributed by atoms with E-state index in [0.29, 0.717) is 18.8 Å². The van der Waals surface area contributed by atoms with Crippen molar-refractivity contribution in [1.82, 2.24) is 10.2 Å². The van der Waals surface area contributed by atoms with Gasteiger partial charge in [-0.05, 0) is 51.7 Å². The zero-order valence-electron chi connectivity index (χ0n) is 14.6. The number of hydrogen-bond donors (Lipinski definition) is 2. The fourth-order valence-electron chi connectivity index (χ4n) is 2.37. The van der Waals surface area contributed by atoms with Crippen LogP contribution in [0.3, 0.4) is 0 Å². The molecule has 0 saturated heterocycles. The number of benzene rings is 1. The molecule has 1 heterocycles. The highest BCUT2D eigenvalue weighted by molar-refractivity contribution is 5.89. The number of aryl methyl sites for hydroxylation is 1. The molecule has 1 aromatic carbocycles. The van der Waals surface area contributed by atoms with Crippen LogP contribution in [0.15, 0.2) is 41.0 Å². The first-order valence-corrected chi connectivity index (χ1v) is 7.99. The maximum absolute atomic E-state index is 12.2. The number of amides is 2. The Kier molecular flexibility index (Phi) is 6.26. The van der Waals surface area contributed by atoms with E-state index in [2.05, 4.69) is 10.6 Å². The molecule has 0 bridgehead atoms. The minimum Gasteiger partial charge on any atom is -0.494 e. The van der Waals surface area contributed by atoms with E-state index in [1.807, 2.05) is 63.2 Å². The lowest BCUT2D eigenvalue weighted by Gasteiger charge is -2.22. The summed E-state index contributed by atoms with van der Waals surface area (Å²) in [5, 5.41) is 5.70. The molecule has 1 aromatic heterocycles. The average molecular weight is 331 g/mol. The van der Waals surface area contributed by atoms with Gasteiger partial charge in [0.05, 0.1) is 18.9 Å². The summed E-state index contributed by atoms with van der Waals surface area (Å²) in [6.07, 6.45) is 1.63. The zero-order chi connectivity index (χ0) is 17.5. The Balaban J connectivity index is 1.94. The largest absolute Gasteiger partial charge is 0.494 e. The first-order chi connectivity index (χ1) is 11.5. The summed E-state index contributed by atoms with van der Waals surface area (Å²) < 4.78 is 11.0. The van der Waals surface area contributed by atoms with E-state index in [-0.39, 0.29) is 12.1 Å². The first-order valence-electron chi connectivity index (χ1n) is 7.99. The predicted molar refractivity (Wildman–Crippen MR) is 94.5 cm³/mol. The van der Waals surface area contributed by atoms with Crippen LogP contribution in [-0.2, 0) is 0 Å². The van der Waals surface area contributed by atoms with Gasteiger partial charge in [0.2, 0.25) is 0 Å². The van der Waals surface area contributed by atoms with Gasteiger partial charge < -0.3 is 19.8 Å². The Hall–Kier alpha value is -2.47. The molecular formula is C18H25N3O3. The van der Waals surface area contributed by atoms with Gasteiger partial charge in [0, 0.05) is 18.3 Å². The fraction of sp³-hybridized carbons (Fsp3) is 0.389. The van der Waals surface area contributed by atoms with Crippen molar-refractivity contribution in [3.63, 3.8) is 0 Å². The van der Waals surface area contributed by atoms with E-state index in [1.165, 1.54) is 0 Å². The van der Waals surface area contributed by atoms with Gasteiger partial charge in [0.25, 0.3) is 0 Å². The Morgan fingerprint density at radius 2 is 2.12 bits per heavy atom. The Morgan fingerprint density at radius 3 is 2.75 bits per heavy atom. The van der Waals surface area contributed by atoms with Crippen LogP contribution in [0.2, 0.25) is 0 Å². The van der Waals surface area contributed by atoms with Gasteiger partial charge in [0.15, 0.2) is 0 Å². The van der Waals surface area contributed by atoms with E-state index in [9.17, 15) is 4.79 Å². The smallest absolute Gasteiger partial charge is 0.319 e. The molecular weight excluding hydrogens is 306 g/mol. The van der Waals surface area contributed by atoms with Gasteiger partial charge in [0.1, 0.15) is 11.5 Å². The van der Waals surface area contributed by atoms with Crippen molar-refractivity contribution in [2.75, 3.05) is 32.6 Å². The van der Waals surface area contributed by atoms with Crippen molar-refractivity contribution in [1.29, 1.82) is 0 Å². The monoisotopic (exact) mass is 331 g/mol. The van der Waals surface area contributed by atoms with Crippen molar-refractivity contribution in [2.24, 2.45) is 0 Å². The fourth-order valence-corrected chi connectivity index (χ4v) is 2.37. The molecule has 1 unspecified atom stereocenters. The Labute approximate surface area is 142 Å². The lowest BCUT2D eigenvalue weighted by atomic mass is 10.2. The highest BCUT2D eigenvalue weighted by Crippen LogP contribution is 2.22. The lowest BCUT2D eigenvalue weighted by Crippen LogP contribution is -2.36. The molecule has 24 heavy (non-hydrogen) atoms. The summed E-state index contributed by atoms with van der Waals surface area (Å²) in [7, 11) is 3.89. The first kappa shape index (κ1) is 17.9. The van der Waals surface area contributed by atoms with Crippen LogP contribution < -0.4 is 15.4 Å². The number of likely N-dealkylation sites (N-methyl/N-ethyl adjacent to an activating group) is 1. The molecule has 130 valence electrons. The molecule has 0 spiro atoms. The second-order valence-corrected chi connectivity index (χ2v) is 5.74. The molecule has 2 N–H and O–H groups in total. The van der Waals surface area contributed by atoms with Gasteiger partial charge in [-0.3, -0.25) is 4.90 Å². The third-order valence-corrected chi connectivity index (χ3v) is 3.70. The number of ether oxygens (including phenoxy) is 1. The van der Waals surface area contributed by atoms with Crippen LogP contribution in [0.1, 0.15) is 24.3 Å². The van der Waals surface area contributed by atoms with Crippen LogP contribution in [0.5, 0.6) is 5.75 Å². The van der Waals surface area contributed by atoms with Gasteiger partial charge in [-0.2, -0.15) is 0 Å². The molecule has 2 rings (SSSR count). The second kappa shape index (κ2) is 8.40. The standard InChI is InChI=1S/C18H25N3O3/c1-5-23-17-11-14(9-8-13(17)2)20-18(22)19-12-15(21(3)4)16-7-6-10-24-16/h6-11,15H,5,12H2,1-4H3,(H2,19,20,22). The molecule has 0 aliphatic heterocycles. The number of anilines is 1. The maximum Gasteiger partial charge on any atom is 0.319 e. The number of urea groups is 1. The van der Waals surface area contributed by atoms with Crippen molar-refractivity contribution in [3.8, 4) is 5.75 Å². The molecule has 0 saturated carbocycles. The topological polar surface area (TPSA) is 66.7 Å². The highest BCUT2D eigenvalue weighted by Gasteiger charge is 2.17. The quantitative estimate of drug-likeness (QED) is 0.816. The van der Waals surface area contributed by atoms with E-state index in [4.69, 9.17) is 9.15 Å². The minimum atomic E-state index is -0.264. The van der Waals surface area contributed by atoms with Crippen LogP contribution in [0, 0.1) is 6.92 Å². The van der Waals surface area contributed by atoms with Crippen molar-refractivity contribution in [3.05, 3.63) is 47.9 Å². The van der Waals surface area contributed by atoms with Crippen molar-refractivity contribution < 1.29 is 13.9 Å². The number of rotatable bonds is 7. The Bertz CT molecular complexity index is 654. The van der Waals surface area contributed by atoms with Crippen LogP contribution >= 0.6 is 0 Å². The van der Waals surface area contributed by atoms with Gasteiger partial charge >= 0.3 is 6.03 Å². The Morgan fingerprint density at radius 1 is 1.33 bits per heavy atom. The molecule has 2 amide bonds. The van der Waals surface area contributed by atoms with Crippen LogP contribution in [0.4, 0.5) is 10.5 Å². The number of furan rings is 1. The summed E-state index contributed by atoms with van der Waals surface area (Å²) >= 11 is 0. The van der Waals surface area contributed by atoms with E-state index < -0.39 is 0 Å². The molecule has 0 aliphatic rings. The molecule has 0 aliphatic carbocycles. The van der Waals surface area contributed by atoms with Gasteiger partial charge in [-0.15, -0.1) is 0 Å². The van der Waals surface area contributed by atoms with Crippen LogP contribution in [0.25, 0.3) is 0 Å². The van der Waals surface area contributed by atoms with E-state index >= 15 is 0 Å². The van der Waals surface area contributed by atoms with Gasteiger partial charge in [-0.25, -0.2) is 4.79 Å². The van der Waals surface area contributed by atoms with E-state index in [1.54, 1.807) is 6.26 Å². The molecule has 6 heteroatoms. The highest BCUT2D eigenvalue weighted by atomic mass is 16.5. The van der Waals surface area contributed by atoms with Crippen molar-refractivity contribution >= 4 is 11.7 Å². The third-order valence-electron chi connectivity index (χ3n) is 3.70. The predicted octanol–water partition coefficient (Wildman–Crippen LogP) is 3.41. The second-order valence-electron chi connectivity index (χ2n) is 5.74. The maximum atomic E-state index is 12.2. The number of hydrogen-bond acceptors (Lipinski definition) is 4. The SMILES string of the molecule is CCOc1cc(NC(=O)NCC(c2ccco2)N(C)C)ccc1C.